The Morgan fingerprint density at radius 1 is 1.20 bits per heavy atom. The first kappa shape index (κ1) is 20.6. The minimum Gasteiger partial charge on any atom is -0.491 e. The van der Waals surface area contributed by atoms with Crippen molar-refractivity contribution in [2.24, 2.45) is 0 Å². The quantitative estimate of drug-likeness (QED) is 0.758. The summed E-state index contributed by atoms with van der Waals surface area (Å²) in [5, 5.41) is 7.00. The fourth-order valence-electron chi connectivity index (χ4n) is 3.62. The van der Waals surface area contributed by atoms with Gasteiger partial charge in [-0.25, -0.2) is 0 Å². The number of carbonyl (C=O) groups is 1. The second kappa shape index (κ2) is 7.53. The zero-order valence-electron chi connectivity index (χ0n) is 15.8. The number of ether oxygens (including phenoxy) is 1. The van der Waals surface area contributed by atoms with Gasteiger partial charge in [0.1, 0.15) is 12.4 Å². The number of carbonyl (C=O) groups excluding carboxylic acids is 1. The molecule has 0 radical (unpaired) electrons. The van der Waals surface area contributed by atoms with Gasteiger partial charge in [-0.05, 0) is 24.1 Å². The molecule has 0 bridgehead atoms. The largest absolute Gasteiger partial charge is 0.491 e. The summed E-state index contributed by atoms with van der Waals surface area (Å²) in [6, 6.07) is 8.67. The van der Waals surface area contributed by atoms with Crippen LogP contribution in [-0.4, -0.2) is 58.4 Å². The smallest absolute Gasteiger partial charge is 0.454 e. The van der Waals surface area contributed by atoms with E-state index in [0.717, 1.165) is 16.2 Å². The van der Waals surface area contributed by atoms with E-state index in [9.17, 15) is 26.7 Å². The van der Waals surface area contributed by atoms with Crippen LogP contribution >= 0.6 is 0 Å². The number of hydrogen-bond acceptors (Lipinski definition) is 4. The summed E-state index contributed by atoms with van der Waals surface area (Å²) in [5.41, 5.74) is 1.47. The number of aromatic nitrogens is 2. The van der Waals surface area contributed by atoms with Gasteiger partial charge in [-0.15, -0.1) is 0 Å². The fraction of sp³-hybridized carbons (Fsp3) is 0.474. The van der Waals surface area contributed by atoms with Crippen molar-refractivity contribution < 1.29 is 31.5 Å². The number of hydrogen-bond donors (Lipinski definition) is 1. The lowest BCUT2D eigenvalue weighted by Crippen LogP contribution is -2.48. The molecule has 1 amide bonds. The monoisotopic (exact) mass is 430 g/mol. The van der Waals surface area contributed by atoms with E-state index < -0.39 is 24.6 Å². The molecule has 0 saturated heterocycles. The van der Waals surface area contributed by atoms with Crippen LogP contribution in [0.1, 0.15) is 21.7 Å². The Kier molecular flexibility index (Phi) is 5.16. The molecule has 11 heteroatoms. The summed E-state index contributed by atoms with van der Waals surface area (Å²) in [4.78, 5) is 13.6. The molecular formula is C19H19F5N4O2. The molecule has 1 N–H and O–H groups in total. The topological polar surface area (TPSA) is 59.4 Å². The van der Waals surface area contributed by atoms with Crippen molar-refractivity contribution in [3.05, 3.63) is 47.3 Å². The number of nitrogens with zero attached hydrogens (tertiary/aromatic N) is 3. The van der Waals surface area contributed by atoms with Gasteiger partial charge >= 0.3 is 12.1 Å². The lowest BCUT2D eigenvalue weighted by molar-refractivity contribution is -0.287. The highest BCUT2D eigenvalue weighted by atomic mass is 19.4. The molecule has 1 aromatic heterocycles. The lowest BCUT2D eigenvalue weighted by atomic mass is 10.0. The Labute approximate surface area is 168 Å². The maximum Gasteiger partial charge on any atom is 0.454 e. The molecule has 2 aliphatic rings. The molecule has 0 aliphatic carbocycles. The zero-order chi connectivity index (χ0) is 21.5. The zero-order valence-corrected chi connectivity index (χ0v) is 15.8. The van der Waals surface area contributed by atoms with Crippen molar-refractivity contribution in [3.63, 3.8) is 0 Å². The minimum absolute atomic E-state index is 0.0192. The number of para-hydroxylation sites is 1. The Hall–Kier alpha value is -2.69. The summed E-state index contributed by atoms with van der Waals surface area (Å²) >= 11 is 0. The van der Waals surface area contributed by atoms with Gasteiger partial charge in [0.2, 0.25) is 0 Å². The van der Waals surface area contributed by atoms with Gasteiger partial charge < -0.3 is 10.1 Å². The molecule has 3 heterocycles. The molecule has 0 unspecified atom stereocenters. The van der Waals surface area contributed by atoms with Crippen LogP contribution in [0.4, 0.5) is 22.0 Å². The Morgan fingerprint density at radius 2 is 1.97 bits per heavy atom. The number of benzene rings is 1. The van der Waals surface area contributed by atoms with Crippen molar-refractivity contribution in [1.29, 1.82) is 0 Å². The van der Waals surface area contributed by atoms with Gasteiger partial charge in [-0.3, -0.25) is 14.4 Å². The van der Waals surface area contributed by atoms with E-state index in [0.29, 0.717) is 18.7 Å². The van der Waals surface area contributed by atoms with Gasteiger partial charge in [0.15, 0.2) is 5.69 Å². The molecule has 162 valence electrons. The summed E-state index contributed by atoms with van der Waals surface area (Å²) < 4.78 is 71.1. The van der Waals surface area contributed by atoms with Gasteiger partial charge in [0, 0.05) is 13.1 Å². The number of amides is 1. The molecule has 4 rings (SSSR count). The molecular weight excluding hydrogens is 411 g/mol. The molecule has 0 spiro atoms. The lowest BCUT2D eigenvalue weighted by Gasteiger charge is -2.31. The van der Waals surface area contributed by atoms with Crippen LogP contribution in [-0.2, 0) is 19.5 Å². The fourth-order valence-corrected chi connectivity index (χ4v) is 3.62. The number of alkyl halides is 5. The Bertz CT molecular complexity index is 943. The number of nitrogens with one attached hydrogen (secondary N) is 1. The average Bonchev–Trinajstić information content (AvgIpc) is 3.10. The van der Waals surface area contributed by atoms with Crippen molar-refractivity contribution in [3.8, 4) is 5.75 Å². The van der Waals surface area contributed by atoms with Gasteiger partial charge in [0.05, 0.1) is 24.8 Å². The maximum absolute atomic E-state index is 13.3. The number of halogens is 5. The normalized spacial score (nSPS) is 19.6. The maximum atomic E-state index is 13.3. The molecule has 1 atom stereocenters. The van der Waals surface area contributed by atoms with Gasteiger partial charge in [-0.2, -0.15) is 27.1 Å². The first-order valence-corrected chi connectivity index (χ1v) is 9.37. The standard InChI is InChI=1S/C19H19F5N4O2/c20-18(21,19(22,23)24)11-27-5-6-28-14(9-27)8-15(26-28)17(29)25-13-7-12-3-1-2-4-16(12)30-10-13/h1-4,8,13H,5-7,9-11H2,(H,25,29)/t13-/m1/s1. The average molecular weight is 430 g/mol. The molecule has 1 aromatic carbocycles. The van der Waals surface area contributed by atoms with Gasteiger partial charge in [0.25, 0.3) is 5.91 Å². The van der Waals surface area contributed by atoms with Crippen molar-refractivity contribution in [1.82, 2.24) is 20.0 Å². The third kappa shape index (κ3) is 4.11. The van der Waals surface area contributed by atoms with Crippen LogP contribution in [0.3, 0.4) is 0 Å². The SMILES string of the molecule is O=C(N[C@H]1COc2ccccc2C1)c1cc2n(n1)CCN(CC(F)(F)C(F)(F)F)C2. The molecule has 0 saturated carbocycles. The second-order valence-electron chi connectivity index (χ2n) is 7.45. The van der Waals surface area contributed by atoms with Crippen LogP contribution in [0.15, 0.2) is 30.3 Å². The van der Waals surface area contributed by atoms with E-state index in [2.05, 4.69) is 10.4 Å². The van der Waals surface area contributed by atoms with Crippen LogP contribution in [0.2, 0.25) is 0 Å². The first-order valence-electron chi connectivity index (χ1n) is 9.37. The molecule has 2 aromatic rings. The second-order valence-corrected chi connectivity index (χ2v) is 7.45. The van der Waals surface area contributed by atoms with E-state index in [4.69, 9.17) is 4.74 Å². The minimum atomic E-state index is -5.60. The van der Waals surface area contributed by atoms with E-state index >= 15 is 0 Å². The molecule has 6 nitrogen and oxygen atoms in total. The number of fused-ring (bicyclic) bond motifs is 2. The van der Waals surface area contributed by atoms with Crippen molar-refractivity contribution in [2.45, 2.75) is 37.7 Å². The third-order valence-corrected chi connectivity index (χ3v) is 5.16. The Morgan fingerprint density at radius 3 is 2.73 bits per heavy atom. The van der Waals surface area contributed by atoms with Crippen LogP contribution in [0.25, 0.3) is 0 Å². The molecule has 0 fully saturated rings. The molecule has 2 aliphatic heterocycles. The van der Waals surface area contributed by atoms with E-state index in [1.54, 1.807) is 0 Å². The summed E-state index contributed by atoms with van der Waals surface area (Å²) in [6.07, 6.45) is -5.01. The van der Waals surface area contributed by atoms with E-state index in [1.165, 1.54) is 10.7 Å². The summed E-state index contributed by atoms with van der Waals surface area (Å²) in [5.74, 6) is -4.47. The highest BCUT2D eigenvalue weighted by molar-refractivity contribution is 5.92. The highest BCUT2D eigenvalue weighted by Crippen LogP contribution is 2.36. The van der Waals surface area contributed by atoms with Crippen LogP contribution in [0.5, 0.6) is 5.75 Å². The Balaban J connectivity index is 1.39. The number of rotatable bonds is 4. The van der Waals surface area contributed by atoms with Crippen molar-refractivity contribution in [2.75, 3.05) is 19.7 Å². The van der Waals surface area contributed by atoms with E-state index in [-0.39, 0.29) is 31.4 Å². The summed E-state index contributed by atoms with van der Waals surface area (Å²) in [6.45, 7) is -1.17. The summed E-state index contributed by atoms with van der Waals surface area (Å²) in [7, 11) is 0. The van der Waals surface area contributed by atoms with E-state index in [1.807, 2.05) is 24.3 Å². The first-order chi connectivity index (χ1) is 14.1. The third-order valence-electron chi connectivity index (χ3n) is 5.16. The van der Waals surface area contributed by atoms with Gasteiger partial charge in [-0.1, -0.05) is 18.2 Å². The van der Waals surface area contributed by atoms with Crippen molar-refractivity contribution >= 4 is 5.91 Å². The van der Waals surface area contributed by atoms with Crippen LogP contribution in [0, 0.1) is 0 Å². The molecule has 30 heavy (non-hydrogen) atoms. The highest BCUT2D eigenvalue weighted by Gasteiger charge is 2.58. The predicted octanol–water partition coefficient (Wildman–Crippen LogP) is 2.63. The predicted molar refractivity (Wildman–Crippen MR) is 95.4 cm³/mol. The van der Waals surface area contributed by atoms with Crippen LogP contribution < -0.4 is 10.1 Å².